The molecule has 2 aromatic carbocycles. The van der Waals surface area contributed by atoms with Crippen LogP contribution in [0.25, 0.3) is 0 Å². The van der Waals surface area contributed by atoms with Gasteiger partial charge in [0.1, 0.15) is 11.6 Å². The Morgan fingerprint density at radius 1 is 1.06 bits per heavy atom. The number of anilines is 2. The largest absolute Gasteiger partial charge is 0.455 e. The molecule has 6 nitrogen and oxygen atoms in total. The first-order valence-electron chi connectivity index (χ1n) is 10.2. The zero-order valence-electron chi connectivity index (χ0n) is 18.1. The fraction of sp³-hybridized carbons (Fsp3) is 0.120. The molecule has 0 bridgehead atoms. The number of aryl methyl sites for hydroxylation is 1. The predicted molar refractivity (Wildman–Crippen MR) is 130 cm³/mol. The number of aromatic nitrogens is 2. The third-order valence-corrected chi connectivity index (χ3v) is 6.51. The lowest BCUT2D eigenvalue weighted by Gasteiger charge is -2.18. The van der Waals surface area contributed by atoms with Crippen molar-refractivity contribution in [2.24, 2.45) is 0 Å². The molecule has 166 valence electrons. The molecule has 2 aromatic heterocycles. The van der Waals surface area contributed by atoms with Gasteiger partial charge in [0, 0.05) is 23.4 Å². The summed E-state index contributed by atoms with van der Waals surface area (Å²) >= 11 is 2.73. The summed E-state index contributed by atoms with van der Waals surface area (Å²) in [5.41, 5.74) is 2.76. The molecule has 0 aliphatic heterocycles. The van der Waals surface area contributed by atoms with Gasteiger partial charge in [0.25, 0.3) is 0 Å². The molecule has 0 fully saturated rings. The molecule has 4 rings (SSSR count). The van der Waals surface area contributed by atoms with Gasteiger partial charge in [-0.15, -0.1) is 11.3 Å². The fourth-order valence-corrected chi connectivity index (χ4v) is 4.87. The SMILES string of the molecule is CC(=O)N(c1cccc(C)c1)c1nc(COC(=O)c2cccnc2Sc2ccccc2)cs1. The molecule has 0 aliphatic rings. The van der Waals surface area contributed by atoms with Gasteiger partial charge in [0.2, 0.25) is 5.91 Å². The molecule has 2 heterocycles. The number of nitrogens with zero attached hydrogens (tertiary/aromatic N) is 3. The van der Waals surface area contributed by atoms with E-state index in [2.05, 4.69) is 9.97 Å². The Hall–Kier alpha value is -3.49. The number of thiazole rings is 1. The standard InChI is InChI=1S/C25H21N3O3S2/c1-17-8-6-9-20(14-17)28(18(2)29)25-27-19(16-32-25)15-31-24(30)22-12-7-13-26-23(22)33-21-10-4-3-5-11-21/h3-14,16H,15H2,1-2H3. The first kappa shape index (κ1) is 22.7. The molecule has 33 heavy (non-hydrogen) atoms. The maximum atomic E-state index is 12.8. The van der Waals surface area contributed by atoms with Crippen molar-refractivity contribution in [3.63, 3.8) is 0 Å². The second-order valence-corrected chi connectivity index (χ2v) is 9.06. The van der Waals surface area contributed by atoms with E-state index >= 15 is 0 Å². The summed E-state index contributed by atoms with van der Waals surface area (Å²) in [5, 5.41) is 2.90. The van der Waals surface area contributed by atoms with Crippen LogP contribution in [-0.4, -0.2) is 21.8 Å². The summed E-state index contributed by atoms with van der Waals surface area (Å²) in [6.45, 7) is 3.47. The molecular weight excluding hydrogens is 454 g/mol. The summed E-state index contributed by atoms with van der Waals surface area (Å²) in [4.78, 5) is 36.5. The summed E-state index contributed by atoms with van der Waals surface area (Å²) in [6, 6.07) is 20.8. The average Bonchev–Trinajstić information content (AvgIpc) is 3.27. The topological polar surface area (TPSA) is 72.4 Å². The number of ether oxygens (including phenoxy) is 1. The van der Waals surface area contributed by atoms with E-state index in [0.717, 1.165) is 16.1 Å². The first-order chi connectivity index (χ1) is 16.0. The number of hydrogen-bond donors (Lipinski definition) is 0. The van der Waals surface area contributed by atoms with Crippen molar-refractivity contribution in [1.82, 2.24) is 9.97 Å². The van der Waals surface area contributed by atoms with Gasteiger partial charge in [-0.05, 0) is 48.9 Å². The van der Waals surface area contributed by atoms with Crippen LogP contribution in [0.1, 0.15) is 28.5 Å². The third kappa shape index (κ3) is 5.66. The summed E-state index contributed by atoms with van der Waals surface area (Å²) in [7, 11) is 0. The predicted octanol–water partition coefficient (Wildman–Crippen LogP) is 6.04. The van der Waals surface area contributed by atoms with Crippen LogP contribution >= 0.6 is 23.1 Å². The van der Waals surface area contributed by atoms with Crippen LogP contribution in [0.5, 0.6) is 0 Å². The number of pyridine rings is 1. The van der Waals surface area contributed by atoms with Crippen molar-refractivity contribution in [1.29, 1.82) is 0 Å². The molecule has 4 aromatic rings. The Bertz CT molecular complexity index is 1270. The van der Waals surface area contributed by atoms with Crippen molar-refractivity contribution >= 4 is 45.8 Å². The minimum Gasteiger partial charge on any atom is -0.455 e. The van der Waals surface area contributed by atoms with Crippen molar-refractivity contribution in [3.05, 3.63) is 95.1 Å². The molecule has 0 saturated heterocycles. The summed E-state index contributed by atoms with van der Waals surface area (Å²) in [6.07, 6.45) is 1.65. The van der Waals surface area contributed by atoms with Crippen LogP contribution in [-0.2, 0) is 16.1 Å². The van der Waals surface area contributed by atoms with E-state index in [0.29, 0.717) is 21.4 Å². The highest BCUT2D eigenvalue weighted by Crippen LogP contribution is 2.31. The van der Waals surface area contributed by atoms with E-state index in [4.69, 9.17) is 4.74 Å². The highest BCUT2D eigenvalue weighted by molar-refractivity contribution is 7.99. The van der Waals surface area contributed by atoms with E-state index in [1.54, 1.807) is 28.6 Å². The number of esters is 1. The number of carbonyl (C=O) groups excluding carboxylic acids is 2. The molecule has 0 N–H and O–H groups in total. The molecule has 0 radical (unpaired) electrons. The van der Waals surface area contributed by atoms with Gasteiger partial charge in [-0.1, -0.05) is 42.1 Å². The van der Waals surface area contributed by atoms with E-state index in [1.165, 1.54) is 30.0 Å². The number of rotatable bonds is 7. The van der Waals surface area contributed by atoms with Gasteiger partial charge < -0.3 is 4.74 Å². The molecule has 0 aliphatic carbocycles. The minimum atomic E-state index is -0.474. The summed E-state index contributed by atoms with van der Waals surface area (Å²) in [5.74, 6) is -0.616. The Balaban J connectivity index is 1.47. The average molecular weight is 476 g/mol. The van der Waals surface area contributed by atoms with Gasteiger partial charge in [-0.3, -0.25) is 9.69 Å². The highest BCUT2D eigenvalue weighted by atomic mass is 32.2. The number of benzene rings is 2. The molecular formula is C25H21N3O3S2. The Morgan fingerprint density at radius 2 is 1.88 bits per heavy atom. The van der Waals surface area contributed by atoms with Gasteiger partial charge in [-0.2, -0.15) is 0 Å². The first-order valence-corrected chi connectivity index (χ1v) is 11.9. The van der Waals surface area contributed by atoms with Crippen LogP contribution in [0.4, 0.5) is 10.8 Å². The number of carbonyl (C=O) groups is 2. The van der Waals surface area contributed by atoms with E-state index in [9.17, 15) is 9.59 Å². The molecule has 8 heteroatoms. The smallest absolute Gasteiger partial charge is 0.341 e. The molecule has 0 atom stereocenters. The molecule has 0 unspecified atom stereocenters. The van der Waals surface area contributed by atoms with Crippen molar-refractivity contribution in [2.75, 3.05) is 4.90 Å². The van der Waals surface area contributed by atoms with Gasteiger partial charge in [0.15, 0.2) is 5.13 Å². The minimum absolute atomic E-state index is 0.000760. The highest BCUT2D eigenvalue weighted by Gasteiger charge is 2.19. The Labute approximate surface area is 200 Å². The second-order valence-electron chi connectivity index (χ2n) is 7.16. The lowest BCUT2D eigenvalue weighted by Crippen LogP contribution is -2.22. The quantitative estimate of drug-likeness (QED) is 0.304. The zero-order valence-corrected chi connectivity index (χ0v) is 19.7. The lowest BCUT2D eigenvalue weighted by atomic mass is 10.2. The van der Waals surface area contributed by atoms with Crippen LogP contribution < -0.4 is 4.90 Å². The van der Waals surface area contributed by atoms with Gasteiger partial charge >= 0.3 is 5.97 Å². The van der Waals surface area contributed by atoms with E-state index < -0.39 is 5.97 Å². The number of amides is 1. The zero-order chi connectivity index (χ0) is 23.2. The van der Waals surface area contributed by atoms with E-state index in [1.807, 2.05) is 61.5 Å². The second kappa shape index (κ2) is 10.4. The Morgan fingerprint density at radius 3 is 2.64 bits per heavy atom. The monoisotopic (exact) mass is 475 g/mol. The van der Waals surface area contributed by atoms with Crippen LogP contribution in [0.3, 0.4) is 0 Å². The van der Waals surface area contributed by atoms with Crippen LogP contribution in [0.2, 0.25) is 0 Å². The lowest BCUT2D eigenvalue weighted by molar-refractivity contribution is -0.115. The van der Waals surface area contributed by atoms with Crippen LogP contribution in [0.15, 0.2) is 88.2 Å². The van der Waals surface area contributed by atoms with E-state index in [-0.39, 0.29) is 12.5 Å². The fourth-order valence-electron chi connectivity index (χ4n) is 3.10. The van der Waals surface area contributed by atoms with Crippen molar-refractivity contribution < 1.29 is 14.3 Å². The number of hydrogen-bond acceptors (Lipinski definition) is 7. The van der Waals surface area contributed by atoms with Crippen LogP contribution in [0, 0.1) is 6.92 Å². The Kier molecular flexibility index (Phi) is 7.16. The maximum Gasteiger partial charge on any atom is 0.341 e. The van der Waals surface area contributed by atoms with Gasteiger partial charge in [-0.25, -0.2) is 14.8 Å². The maximum absolute atomic E-state index is 12.8. The van der Waals surface area contributed by atoms with Crippen molar-refractivity contribution in [3.8, 4) is 0 Å². The molecule has 0 spiro atoms. The molecule has 0 saturated carbocycles. The normalized spacial score (nSPS) is 10.6. The van der Waals surface area contributed by atoms with Gasteiger partial charge in [0.05, 0.1) is 16.9 Å². The third-order valence-electron chi connectivity index (χ3n) is 4.61. The summed E-state index contributed by atoms with van der Waals surface area (Å²) < 4.78 is 5.52. The molecule has 1 amide bonds. The van der Waals surface area contributed by atoms with Crippen molar-refractivity contribution in [2.45, 2.75) is 30.4 Å².